The first kappa shape index (κ1) is 19.1. The molecule has 1 aromatic carbocycles. The average molecular weight is 389 g/mol. The SMILES string of the molecule is COc1ccc(Cl)cc1NC(=O)c1cc(C(=O)N2CCN(C)CC2)ccn1. The van der Waals surface area contributed by atoms with Gasteiger partial charge in [0.1, 0.15) is 11.4 Å². The summed E-state index contributed by atoms with van der Waals surface area (Å²) in [5.41, 5.74) is 1.03. The molecule has 0 atom stereocenters. The molecule has 1 aliphatic rings. The van der Waals surface area contributed by atoms with Crippen LogP contribution in [0.2, 0.25) is 5.02 Å². The Kier molecular flexibility index (Phi) is 5.93. The van der Waals surface area contributed by atoms with Crippen molar-refractivity contribution in [3.05, 3.63) is 52.8 Å². The Balaban J connectivity index is 1.76. The zero-order chi connectivity index (χ0) is 19.4. The Morgan fingerprint density at radius 2 is 1.89 bits per heavy atom. The van der Waals surface area contributed by atoms with Gasteiger partial charge in [-0.15, -0.1) is 0 Å². The van der Waals surface area contributed by atoms with Gasteiger partial charge >= 0.3 is 0 Å². The number of nitrogens with one attached hydrogen (secondary N) is 1. The largest absolute Gasteiger partial charge is 0.495 e. The van der Waals surface area contributed by atoms with Crippen LogP contribution in [0.1, 0.15) is 20.8 Å². The highest BCUT2D eigenvalue weighted by Gasteiger charge is 2.21. The molecule has 0 bridgehead atoms. The van der Waals surface area contributed by atoms with Crippen molar-refractivity contribution in [2.24, 2.45) is 0 Å². The highest BCUT2D eigenvalue weighted by molar-refractivity contribution is 6.31. The molecule has 1 aliphatic heterocycles. The molecule has 0 aliphatic carbocycles. The van der Waals surface area contributed by atoms with Crippen LogP contribution in [0.3, 0.4) is 0 Å². The van der Waals surface area contributed by atoms with Crippen LogP contribution in [0.25, 0.3) is 0 Å². The number of piperazine rings is 1. The zero-order valence-corrected chi connectivity index (χ0v) is 16.0. The smallest absolute Gasteiger partial charge is 0.274 e. The van der Waals surface area contributed by atoms with Gasteiger partial charge < -0.3 is 19.9 Å². The average Bonchev–Trinajstić information content (AvgIpc) is 2.68. The van der Waals surface area contributed by atoms with Gasteiger partial charge in [0.05, 0.1) is 12.8 Å². The van der Waals surface area contributed by atoms with E-state index in [2.05, 4.69) is 15.2 Å². The number of ether oxygens (including phenoxy) is 1. The summed E-state index contributed by atoms with van der Waals surface area (Å²) in [5, 5.41) is 3.20. The molecule has 1 fully saturated rings. The van der Waals surface area contributed by atoms with E-state index in [0.717, 1.165) is 13.1 Å². The summed E-state index contributed by atoms with van der Waals surface area (Å²) >= 11 is 5.99. The lowest BCUT2D eigenvalue weighted by Gasteiger charge is -2.32. The second-order valence-corrected chi connectivity index (χ2v) is 6.76. The topological polar surface area (TPSA) is 74.8 Å². The molecule has 0 radical (unpaired) electrons. The number of hydrogen-bond acceptors (Lipinski definition) is 5. The number of aromatic nitrogens is 1. The Morgan fingerprint density at radius 1 is 1.15 bits per heavy atom. The molecular weight excluding hydrogens is 368 g/mol. The van der Waals surface area contributed by atoms with Crippen LogP contribution in [-0.4, -0.2) is 66.9 Å². The maximum absolute atomic E-state index is 12.7. The number of pyridine rings is 1. The van der Waals surface area contributed by atoms with E-state index in [-0.39, 0.29) is 11.6 Å². The summed E-state index contributed by atoms with van der Waals surface area (Å²) in [5.74, 6) is -0.0547. The van der Waals surface area contributed by atoms with Gasteiger partial charge in [-0.1, -0.05) is 11.6 Å². The molecule has 1 saturated heterocycles. The molecule has 7 nitrogen and oxygen atoms in total. The van der Waals surface area contributed by atoms with Crippen LogP contribution >= 0.6 is 11.6 Å². The van der Waals surface area contributed by atoms with E-state index in [9.17, 15) is 9.59 Å². The van der Waals surface area contributed by atoms with E-state index in [1.165, 1.54) is 19.4 Å². The Labute approximate surface area is 162 Å². The van der Waals surface area contributed by atoms with E-state index >= 15 is 0 Å². The molecule has 0 unspecified atom stereocenters. The third-order valence-corrected chi connectivity index (χ3v) is 4.67. The van der Waals surface area contributed by atoms with Gasteiger partial charge in [0, 0.05) is 43.0 Å². The Morgan fingerprint density at radius 3 is 2.59 bits per heavy atom. The second-order valence-electron chi connectivity index (χ2n) is 6.32. The lowest BCUT2D eigenvalue weighted by molar-refractivity contribution is 0.0664. The van der Waals surface area contributed by atoms with Crippen molar-refractivity contribution in [3.63, 3.8) is 0 Å². The Bertz CT molecular complexity index is 851. The van der Waals surface area contributed by atoms with Crippen LogP contribution in [0, 0.1) is 0 Å². The molecule has 1 N–H and O–H groups in total. The van der Waals surface area contributed by atoms with Crippen molar-refractivity contribution in [1.29, 1.82) is 0 Å². The first-order chi connectivity index (χ1) is 13.0. The van der Waals surface area contributed by atoms with Gasteiger partial charge in [0.2, 0.25) is 0 Å². The number of halogens is 1. The molecule has 0 saturated carbocycles. The van der Waals surface area contributed by atoms with E-state index in [0.29, 0.717) is 35.1 Å². The summed E-state index contributed by atoms with van der Waals surface area (Å²) in [6.45, 7) is 3.00. The minimum absolute atomic E-state index is 0.0973. The molecule has 0 spiro atoms. The van der Waals surface area contributed by atoms with Crippen LogP contribution in [-0.2, 0) is 0 Å². The quantitative estimate of drug-likeness (QED) is 0.870. The standard InChI is InChI=1S/C19H21ClN4O3/c1-23-7-9-24(10-8-23)19(26)13-5-6-21-16(11-13)18(25)22-15-12-14(20)3-4-17(15)27-2/h3-6,11-12H,7-10H2,1-2H3,(H,22,25). The maximum atomic E-state index is 12.7. The summed E-state index contributed by atoms with van der Waals surface area (Å²) in [6, 6.07) is 8.06. The lowest BCUT2D eigenvalue weighted by atomic mass is 10.1. The zero-order valence-electron chi connectivity index (χ0n) is 15.2. The number of anilines is 1. The van der Waals surface area contributed by atoms with Crippen molar-refractivity contribution in [1.82, 2.24) is 14.8 Å². The third kappa shape index (κ3) is 4.56. The molecule has 2 aromatic rings. The highest BCUT2D eigenvalue weighted by atomic mass is 35.5. The number of carbonyl (C=O) groups is 2. The van der Waals surface area contributed by atoms with Crippen molar-refractivity contribution in [3.8, 4) is 5.75 Å². The second kappa shape index (κ2) is 8.37. The first-order valence-corrected chi connectivity index (χ1v) is 8.94. The summed E-state index contributed by atoms with van der Waals surface area (Å²) in [7, 11) is 3.54. The van der Waals surface area contributed by atoms with Gasteiger partial charge in [0.25, 0.3) is 11.8 Å². The molecule has 2 heterocycles. The highest BCUT2D eigenvalue weighted by Crippen LogP contribution is 2.28. The normalized spacial score (nSPS) is 14.7. The molecule has 1 aromatic heterocycles. The Hall–Kier alpha value is -2.64. The van der Waals surface area contributed by atoms with E-state index in [1.54, 1.807) is 29.2 Å². The summed E-state index contributed by atoms with van der Waals surface area (Å²) < 4.78 is 5.23. The maximum Gasteiger partial charge on any atom is 0.274 e. The van der Waals surface area contributed by atoms with Gasteiger partial charge in [-0.05, 0) is 37.4 Å². The van der Waals surface area contributed by atoms with Crippen LogP contribution in [0.15, 0.2) is 36.5 Å². The fraction of sp³-hybridized carbons (Fsp3) is 0.316. The third-order valence-electron chi connectivity index (χ3n) is 4.44. The number of hydrogen-bond donors (Lipinski definition) is 1. The molecule has 2 amide bonds. The fourth-order valence-electron chi connectivity index (χ4n) is 2.84. The van der Waals surface area contributed by atoms with E-state index < -0.39 is 5.91 Å². The number of amides is 2. The molecule has 142 valence electrons. The fourth-order valence-corrected chi connectivity index (χ4v) is 3.02. The van der Waals surface area contributed by atoms with Crippen LogP contribution in [0.5, 0.6) is 5.75 Å². The molecular formula is C19H21ClN4O3. The summed E-state index contributed by atoms with van der Waals surface area (Å²) in [4.78, 5) is 33.3. The number of nitrogens with zero attached hydrogens (tertiary/aromatic N) is 3. The number of rotatable bonds is 4. The van der Waals surface area contributed by atoms with E-state index in [1.807, 2.05) is 7.05 Å². The van der Waals surface area contributed by atoms with E-state index in [4.69, 9.17) is 16.3 Å². The van der Waals surface area contributed by atoms with Crippen LogP contribution < -0.4 is 10.1 Å². The molecule has 8 heteroatoms. The number of likely N-dealkylation sites (N-methyl/N-ethyl adjacent to an activating group) is 1. The van der Waals surface area contributed by atoms with Gasteiger partial charge in [-0.2, -0.15) is 0 Å². The summed E-state index contributed by atoms with van der Waals surface area (Å²) in [6.07, 6.45) is 1.47. The monoisotopic (exact) mass is 388 g/mol. The van der Waals surface area contributed by atoms with Crippen molar-refractivity contribution < 1.29 is 14.3 Å². The van der Waals surface area contributed by atoms with Crippen molar-refractivity contribution >= 4 is 29.1 Å². The lowest BCUT2D eigenvalue weighted by Crippen LogP contribution is -2.47. The number of carbonyl (C=O) groups excluding carboxylic acids is 2. The van der Waals surface area contributed by atoms with Crippen molar-refractivity contribution in [2.45, 2.75) is 0 Å². The van der Waals surface area contributed by atoms with Crippen molar-refractivity contribution in [2.75, 3.05) is 45.7 Å². The number of benzene rings is 1. The minimum atomic E-state index is -0.441. The predicted molar refractivity (Wildman–Crippen MR) is 104 cm³/mol. The van der Waals surface area contributed by atoms with Gasteiger partial charge in [-0.25, -0.2) is 0 Å². The number of methoxy groups -OCH3 is 1. The minimum Gasteiger partial charge on any atom is -0.495 e. The predicted octanol–water partition coefficient (Wildman–Crippen LogP) is 2.38. The first-order valence-electron chi connectivity index (χ1n) is 8.56. The van der Waals surface area contributed by atoms with Gasteiger partial charge in [-0.3, -0.25) is 14.6 Å². The molecule has 27 heavy (non-hydrogen) atoms. The van der Waals surface area contributed by atoms with Gasteiger partial charge in [0.15, 0.2) is 0 Å². The molecule has 3 rings (SSSR count). The van der Waals surface area contributed by atoms with Crippen LogP contribution in [0.4, 0.5) is 5.69 Å².